The molecule has 0 saturated carbocycles. The van der Waals surface area contributed by atoms with Gasteiger partial charge in [-0.2, -0.15) is 5.48 Å². The second kappa shape index (κ2) is 6.36. The number of hydroxylamine groups is 1. The summed E-state index contributed by atoms with van der Waals surface area (Å²) < 4.78 is 0. The van der Waals surface area contributed by atoms with Crippen LogP contribution in [0.2, 0.25) is 0 Å². The van der Waals surface area contributed by atoms with Gasteiger partial charge in [-0.3, -0.25) is 5.41 Å². The molecular weight excluding hydrogens is 195 g/mol. The van der Waals surface area contributed by atoms with Crippen molar-refractivity contribution in [1.29, 1.82) is 5.41 Å². The number of hydrogen-bond donors (Lipinski definition) is 3. The maximum atomic E-state index is 11.0. The van der Waals surface area contributed by atoms with Crippen molar-refractivity contribution < 1.29 is 9.63 Å². The van der Waals surface area contributed by atoms with Crippen LogP contribution < -0.4 is 11.2 Å². The van der Waals surface area contributed by atoms with Crippen LogP contribution in [0.15, 0.2) is 24.4 Å². The normalized spacial score (nSPS) is 8.29. The topological polar surface area (TPSA) is 101 Å². The number of carbonyl (C=O) groups excluding carboxylic acids is 1. The molecule has 1 rings (SSSR count). The summed E-state index contributed by atoms with van der Waals surface area (Å²) in [5.74, 6) is -1.12. The van der Waals surface area contributed by atoms with Crippen LogP contribution in [0, 0.1) is 5.41 Å². The molecule has 1 aromatic rings. The van der Waals surface area contributed by atoms with Crippen molar-refractivity contribution >= 4 is 41.5 Å². The predicted molar refractivity (Wildman–Crippen MR) is 51.9 cm³/mol. The third kappa shape index (κ3) is 4.22. The van der Waals surface area contributed by atoms with Crippen molar-refractivity contribution in [2.75, 3.05) is 0 Å². The van der Waals surface area contributed by atoms with Crippen LogP contribution in [0.3, 0.4) is 0 Å². The molecule has 0 unspecified atom stereocenters. The van der Waals surface area contributed by atoms with Crippen molar-refractivity contribution in [2.45, 2.75) is 0 Å². The summed E-state index contributed by atoms with van der Waals surface area (Å²) in [6.07, 6.45) is 1.46. The summed E-state index contributed by atoms with van der Waals surface area (Å²) in [6, 6.07) is 4.82. The van der Waals surface area contributed by atoms with E-state index < -0.39 is 11.9 Å². The molecule has 0 aliphatic rings. The summed E-state index contributed by atoms with van der Waals surface area (Å²) in [7, 11) is 0. The van der Waals surface area contributed by atoms with Gasteiger partial charge in [0.05, 0.1) is 0 Å². The first-order valence-corrected chi connectivity index (χ1v) is 3.42. The third-order valence-electron chi connectivity index (χ3n) is 1.13. The Morgan fingerprint density at radius 3 is 2.79 bits per heavy atom. The number of carbonyl (C=O) groups is 1. The van der Waals surface area contributed by atoms with E-state index in [9.17, 15) is 4.79 Å². The first-order chi connectivity index (χ1) is 6.20. The summed E-state index contributed by atoms with van der Waals surface area (Å²) >= 11 is 0. The second-order valence-electron chi connectivity index (χ2n) is 2.12. The first-order valence-electron chi connectivity index (χ1n) is 3.42. The van der Waals surface area contributed by atoms with E-state index in [0.29, 0.717) is 0 Å². The Balaban J connectivity index is 0.00000169. The van der Waals surface area contributed by atoms with Gasteiger partial charge in [0.25, 0.3) is 0 Å². The maximum absolute atomic E-state index is 11.0. The molecule has 0 spiro atoms. The van der Waals surface area contributed by atoms with Gasteiger partial charge < -0.3 is 10.6 Å². The first kappa shape index (κ1) is 12.9. The minimum absolute atomic E-state index is 0. The summed E-state index contributed by atoms with van der Waals surface area (Å²) in [6.45, 7) is 0. The molecule has 0 aliphatic carbocycles. The van der Waals surface area contributed by atoms with E-state index in [2.05, 4.69) is 9.82 Å². The number of rotatable bonds is 1. The van der Waals surface area contributed by atoms with E-state index in [-0.39, 0.29) is 35.3 Å². The number of nitrogens with zero attached hydrogens (tertiary/aromatic N) is 1. The van der Waals surface area contributed by atoms with Crippen LogP contribution in [-0.4, -0.2) is 46.5 Å². The van der Waals surface area contributed by atoms with Gasteiger partial charge >= 0.3 is 35.5 Å². The molecule has 1 aromatic heterocycles. The number of pyridine rings is 1. The Labute approximate surface area is 103 Å². The zero-order chi connectivity index (χ0) is 9.68. The van der Waals surface area contributed by atoms with E-state index in [1.54, 1.807) is 12.1 Å². The molecule has 6 nitrogen and oxygen atoms in total. The van der Waals surface area contributed by atoms with Gasteiger partial charge in [0.15, 0.2) is 5.69 Å². The Kier molecular flexibility index (Phi) is 5.86. The number of hydrogen-bond acceptors (Lipinski definition) is 4. The molecule has 70 valence electrons. The molecular formula is C7H9N4NaO2. The molecule has 1 heterocycles. The minimum atomic E-state index is -0.684. The molecule has 0 aromatic carbocycles. The molecule has 0 atom stereocenters. The fraction of sp³-hybridized carbons (Fsp3) is 0. The van der Waals surface area contributed by atoms with Gasteiger partial charge in [-0.1, -0.05) is 6.07 Å². The van der Waals surface area contributed by atoms with Gasteiger partial charge in [0, 0.05) is 6.20 Å². The molecule has 0 bridgehead atoms. The van der Waals surface area contributed by atoms with Crippen LogP contribution in [0.1, 0.15) is 10.5 Å². The summed E-state index contributed by atoms with van der Waals surface area (Å²) in [5.41, 5.74) is 6.96. The van der Waals surface area contributed by atoms with Gasteiger partial charge in [0.1, 0.15) is 0 Å². The fourth-order valence-electron chi connectivity index (χ4n) is 0.637. The van der Waals surface area contributed by atoms with Crippen LogP contribution in [0.5, 0.6) is 0 Å². The van der Waals surface area contributed by atoms with Gasteiger partial charge in [-0.25, -0.2) is 9.78 Å². The number of aromatic nitrogens is 1. The van der Waals surface area contributed by atoms with Gasteiger partial charge in [-0.05, 0) is 12.1 Å². The van der Waals surface area contributed by atoms with Crippen molar-refractivity contribution in [3.8, 4) is 0 Å². The molecule has 0 saturated heterocycles. The van der Waals surface area contributed by atoms with E-state index >= 15 is 0 Å². The quantitative estimate of drug-likeness (QED) is 0.235. The standard InChI is InChI=1S/C7H8N4O2.Na.H/c8-7(9)11-13-6(12)5-3-1-2-4-10-5;;/h1-4H,(H4,8,9,11);;. The second-order valence-corrected chi connectivity index (χ2v) is 2.12. The Bertz CT molecular complexity index is 317. The molecule has 14 heavy (non-hydrogen) atoms. The average molecular weight is 204 g/mol. The molecule has 7 heteroatoms. The predicted octanol–water partition coefficient (Wildman–Crippen LogP) is -1.01. The molecule has 0 radical (unpaired) electrons. The van der Waals surface area contributed by atoms with Crippen LogP contribution >= 0.6 is 0 Å². The Morgan fingerprint density at radius 1 is 1.57 bits per heavy atom. The molecule has 0 fully saturated rings. The number of nitrogens with one attached hydrogen (secondary N) is 2. The monoisotopic (exact) mass is 204 g/mol. The van der Waals surface area contributed by atoms with Crippen LogP contribution in [-0.2, 0) is 4.84 Å². The molecule has 0 amide bonds. The fourth-order valence-corrected chi connectivity index (χ4v) is 0.637. The zero-order valence-electron chi connectivity index (χ0n) is 6.65. The number of guanidine groups is 1. The number of nitrogens with two attached hydrogens (primary N) is 1. The van der Waals surface area contributed by atoms with E-state index in [1.807, 2.05) is 5.48 Å². The summed E-state index contributed by atoms with van der Waals surface area (Å²) in [4.78, 5) is 19.2. The zero-order valence-corrected chi connectivity index (χ0v) is 6.65. The van der Waals surface area contributed by atoms with Crippen molar-refractivity contribution in [3.63, 3.8) is 0 Å². The van der Waals surface area contributed by atoms with Crippen molar-refractivity contribution in [1.82, 2.24) is 10.5 Å². The van der Waals surface area contributed by atoms with E-state index in [0.717, 1.165) is 0 Å². The van der Waals surface area contributed by atoms with Gasteiger partial charge in [0.2, 0.25) is 5.96 Å². The van der Waals surface area contributed by atoms with Crippen LogP contribution in [0.4, 0.5) is 0 Å². The third-order valence-corrected chi connectivity index (χ3v) is 1.13. The Hall–Kier alpha value is -1.11. The van der Waals surface area contributed by atoms with Crippen molar-refractivity contribution in [3.05, 3.63) is 30.1 Å². The summed E-state index contributed by atoms with van der Waals surface area (Å²) in [5, 5.41) is 6.72. The molecule has 4 N–H and O–H groups in total. The average Bonchev–Trinajstić information content (AvgIpc) is 2.15. The SMILES string of the molecule is N=C(N)NOC(=O)c1ccccn1.[NaH]. The van der Waals surface area contributed by atoms with Crippen LogP contribution in [0.25, 0.3) is 0 Å². The van der Waals surface area contributed by atoms with Gasteiger partial charge in [-0.15, -0.1) is 0 Å². The Morgan fingerprint density at radius 2 is 2.29 bits per heavy atom. The van der Waals surface area contributed by atoms with Crippen molar-refractivity contribution in [2.24, 2.45) is 5.73 Å². The van der Waals surface area contributed by atoms with E-state index in [1.165, 1.54) is 12.3 Å². The molecule has 0 aliphatic heterocycles. The van der Waals surface area contributed by atoms with E-state index in [4.69, 9.17) is 11.1 Å².